The molecule has 0 radical (unpaired) electrons. The summed E-state index contributed by atoms with van der Waals surface area (Å²) in [5, 5.41) is 3.14. The third-order valence-electron chi connectivity index (χ3n) is 3.02. The van der Waals surface area contributed by atoms with E-state index in [2.05, 4.69) is 29.4 Å². The highest BCUT2D eigenvalue weighted by Gasteiger charge is 2.10. The van der Waals surface area contributed by atoms with Crippen LogP contribution >= 0.6 is 0 Å². The molecule has 1 atom stereocenters. The number of hydrogen-bond acceptors (Lipinski definition) is 3. The maximum absolute atomic E-state index is 6.08. The fourth-order valence-corrected chi connectivity index (χ4v) is 1.98. The summed E-state index contributed by atoms with van der Waals surface area (Å²) in [6.45, 7) is 4.79. The molecule has 0 amide bonds. The van der Waals surface area contributed by atoms with Crippen LogP contribution in [0.15, 0.2) is 42.6 Å². The van der Waals surface area contributed by atoms with Crippen molar-refractivity contribution in [3.8, 4) is 5.75 Å². The third kappa shape index (κ3) is 3.55. The first-order valence-corrected chi connectivity index (χ1v) is 6.52. The van der Waals surface area contributed by atoms with Crippen LogP contribution in [0.5, 0.6) is 5.75 Å². The van der Waals surface area contributed by atoms with Crippen LogP contribution in [0.25, 0.3) is 0 Å². The third-order valence-corrected chi connectivity index (χ3v) is 3.02. The molecule has 1 aromatic heterocycles. The van der Waals surface area contributed by atoms with E-state index in [9.17, 15) is 0 Å². The Labute approximate surface area is 114 Å². The Morgan fingerprint density at radius 2 is 2.00 bits per heavy atom. The monoisotopic (exact) mass is 256 g/mol. The first kappa shape index (κ1) is 13.6. The molecule has 1 N–H and O–H groups in total. The summed E-state index contributed by atoms with van der Waals surface area (Å²) in [5.74, 6) is 0.901. The average Bonchev–Trinajstić information content (AvgIpc) is 2.43. The SMILES string of the molecule is CNCc1cnc(C)cc1OC(C)c1ccccc1. The number of nitrogens with one attached hydrogen (secondary N) is 1. The predicted molar refractivity (Wildman–Crippen MR) is 77.2 cm³/mol. The highest BCUT2D eigenvalue weighted by molar-refractivity contribution is 5.33. The fourth-order valence-electron chi connectivity index (χ4n) is 1.98. The van der Waals surface area contributed by atoms with Gasteiger partial charge >= 0.3 is 0 Å². The van der Waals surface area contributed by atoms with Gasteiger partial charge < -0.3 is 10.1 Å². The van der Waals surface area contributed by atoms with Gasteiger partial charge in [-0.3, -0.25) is 4.98 Å². The molecule has 0 bridgehead atoms. The van der Waals surface area contributed by atoms with Gasteiger partial charge in [-0.15, -0.1) is 0 Å². The standard InChI is InChI=1S/C16H20N2O/c1-12-9-16(15(10-17-3)11-18-12)19-13(2)14-7-5-4-6-8-14/h4-9,11,13,17H,10H2,1-3H3. The molecule has 2 aromatic rings. The number of pyridine rings is 1. The van der Waals surface area contributed by atoms with Crippen molar-refractivity contribution in [3.05, 3.63) is 59.4 Å². The van der Waals surface area contributed by atoms with E-state index in [4.69, 9.17) is 4.74 Å². The summed E-state index contributed by atoms with van der Waals surface area (Å²) < 4.78 is 6.08. The molecule has 0 aliphatic heterocycles. The van der Waals surface area contributed by atoms with Crippen LogP contribution in [0, 0.1) is 6.92 Å². The number of benzene rings is 1. The number of aryl methyl sites for hydroxylation is 1. The van der Waals surface area contributed by atoms with E-state index >= 15 is 0 Å². The van der Waals surface area contributed by atoms with Crippen molar-refractivity contribution in [2.45, 2.75) is 26.5 Å². The molecule has 0 aliphatic rings. The normalized spacial score (nSPS) is 12.2. The van der Waals surface area contributed by atoms with Crippen LogP contribution in [0.4, 0.5) is 0 Å². The molecule has 19 heavy (non-hydrogen) atoms. The Morgan fingerprint density at radius 1 is 1.26 bits per heavy atom. The zero-order valence-corrected chi connectivity index (χ0v) is 11.7. The molecule has 1 aromatic carbocycles. The molecule has 3 heteroatoms. The minimum atomic E-state index is 0.0265. The summed E-state index contributed by atoms with van der Waals surface area (Å²) in [7, 11) is 1.92. The summed E-state index contributed by atoms with van der Waals surface area (Å²) in [5.41, 5.74) is 3.22. The highest BCUT2D eigenvalue weighted by atomic mass is 16.5. The number of hydrogen-bond donors (Lipinski definition) is 1. The lowest BCUT2D eigenvalue weighted by Gasteiger charge is -2.18. The molecular weight excluding hydrogens is 236 g/mol. The van der Waals surface area contributed by atoms with Gasteiger partial charge in [0.1, 0.15) is 11.9 Å². The van der Waals surface area contributed by atoms with Crippen LogP contribution in [-0.4, -0.2) is 12.0 Å². The summed E-state index contributed by atoms with van der Waals surface area (Å²) in [6.07, 6.45) is 1.90. The zero-order valence-electron chi connectivity index (χ0n) is 11.7. The van der Waals surface area contributed by atoms with E-state index < -0.39 is 0 Å². The van der Waals surface area contributed by atoms with Crippen molar-refractivity contribution < 1.29 is 4.74 Å². The van der Waals surface area contributed by atoms with Gasteiger partial charge in [-0.05, 0) is 26.5 Å². The van der Waals surface area contributed by atoms with E-state index in [0.29, 0.717) is 0 Å². The maximum Gasteiger partial charge on any atom is 0.128 e. The highest BCUT2D eigenvalue weighted by Crippen LogP contribution is 2.25. The Morgan fingerprint density at radius 3 is 2.68 bits per heavy atom. The molecule has 1 heterocycles. The lowest BCUT2D eigenvalue weighted by Crippen LogP contribution is -2.10. The minimum Gasteiger partial charge on any atom is -0.486 e. The maximum atomic E-state index is 6.08. The van der Waals surface area contributed by atoms with E-state index in [1.165, 1.54) is 5.56 Å². The number of nitrogens with zero attached hydrogens (tertiary/aromatic N) is 1. The molecule has 0 fully saturated rings. The van der Waals surface area contributed by atoms with E-state index in [-0.39, 0.29) is 6.10 Å². The van der Waals surface area contributed by atoms with Gasteiger partial charge in [-0.25, -0.2) is 0 Å². The Balaban J connectivity index is 2.20. The predicted octanol–water partition coefficient (Wildman–Crippen LogP) is 3.25. The van der Waals surface area contributed by atoms with Gasteiger partial charge in [0, 0.05) is 30.1 Å². The van der Waals surface area contributed by atoms with Crippen molar-refractivity contribution in [1.29, 1.82) is 0 Å². The van der Waals surface area contributed by atoms with E-state index in [1.807, 2.05) is 44.4 Å². The lowest BCUT2D eigenvalue weighted by atomic mass is 10.1. The van der Waals surface area contributed by atoms with Crippen molar-refractivity contribution in [2.24, 2.45) is 0 Å². The van der Waals surface area contributed by atoms with Gasteiger partial charge in [0.15, 0.2) is 0 Å². The molecule has 1 unspecified atom stereocenters. The Hall–Kier alpha value is -1.87. The number of aromatic nitrogens is 1. The van der Waals surface area contributed by atoms with Crippen LogP contribution < -0.4 is 10.1 Å². The van der Waals surface area contributed by atoms with Crippen molar-refractivity contribution in [2.75, 3.05) is 7.05 Å². The molecule has 100 valence electrons. The molecule has 0 saturated carbocycles. The van der Waals surface area contributed by atoms with Crippen LogP contribution in [0.1, 0.15) is 29.8 Å². The van der Waals surface area contributed by atoms with Crippen molar-refractivity contribution in [3.63, 3.8) is 0 Å². The molecule has 0 saturated heterocycles. The van der Waals surface area contributed by atoms with Crippen LogP contribution in [0.3, 0.4) is 0 Å². The van der Waals surface area contributed by atoms with Gasteiger partial charge in [0.25, 0.3) is 0 Å². The smallest absolute Gasteiger partial charge is 0.128 e. The molecule has 2 rings (SSSR count). The van der Waals surface area contributed by atoms with Gasteiger partial charge in [0.05, 0.1) is 0 Å². The van der Waals surface area contributed by atoms with Gasteiger partial charge in [-0.1, -0.05) is 30.3 Å². The first-order chi connectivity index (χ1) is 9.20. The quantitative estimate of drug-likeness (QED) is 0.891. The summed E-state index contributed by atoms with van der Waals surface area (Å²) in [6, 6.07) is 12.2. The Bertz CT molecular complexity index is 526. The zero-order chi connectivity index (χ0) is 13.7. The summed E-state index contributed by atoms with van der Waals surface area (Å²) >= 11 is 0. The number of rotatable bonds is 5. The fraction of sp³-hybridized carbons (Fsp3) is 0.312. The Kier molecular flexibility index (Phi) is 4.53. The largest absolute Gasteiger partial charge is 0.486 e. The second-order valence-corrected chi connectivity index (χ2v) is 4.63. The average molecular weight is 256 g/mol. The summed E-state index contributed by atoms with van der Waals surface area (Å²) in [4.78, 5) is 4.32. The molecule has 0 aliphatic carbocycles. The molecule has 3 nitrogen and oxygen atoms in total. The van der Waals surface area contributed by atoms with Crippen LogP contribution in [-0.2, 0) is 6.54 Å². The topological polar surface area (TPSA) is 34.2 Å². The van der Waals surface area contributed by atoms with Crippen molar-refractivity contribution >= 4 is 0 Å². The first-order valence-electron chi connectivity index (χ1n) is 6.52. The van der Waals surface area contributed by atoms with Gasteiger partial charge in [0.2, 0.25) is 0 Å². The number of ether oxygens (including phenoxy) is 1. The molecule has 0 spiro atoms. The van der Waals surface area contributed by atoms with Crippen LogP contribution in [0.2, 0.25) is 0 Å². The lowest BCUT2D eigenvalue weighted by molar-refractivity contribution is 0.224. The second kappa shape index (κ2) is 6.34. The molecular formula is C16H20N2O. The van der Waals surface area contributed by atoms with Gasteiger partial charge in [-0.2, -0.15) is 0 Å². The second-order valence-electron chi connectivity index (χ2n) is 4.63. The van der Waals surface area contributed by atoms with E-state index in [0.717, 1.165) is 23.6 Å². The minimum absolute atomic E-state index is 0.0265. The van der Waals surface area contributed by atoms with E-state index in [1.54, 1.807) is 0 Å². The van der Waals surface area contributed by atoms with Crippen molar-refractivity contribution in [1.82, 2.24) is 10.3 Å².